The second kappa shape index (κ2) is 7.54. The molecular formula is C11H15BrN2S. The Hall–Kier alpha value is -0.740. The fourth-order valence-corrected chi connectivity index (χ4v) is 1.47. The highest BCUT2D eigenvalue weighted by molar-refractivity contribution is 8.93. The summed E-state index contributed by atoms with van der Waals surface area (Å²) in [6, 6.07) is 8.28. The van der Waals surface area contributed by atoms with Gasteiger partial charge >= 0.3 is 0 Å². The number of amidine groups is 1. The van der Waals surface area contributed by atoms with Gasteiger partial charge in [-0.1, -0.05) is 53.7 Å². The van der Waals surface area contributed by atoms with Crippen molar-refractivity contribution in [1.29, 1.82) is 5.41 Å². The van der Waals surface area contributed by atoms with E-state index in [0.717, 1.165) is 5.75 Å². The minimum Gasteiger partial charge on any atom is -0.379 e. The lowest BCUT2D eigenvalue weighted by Gasteiger charge is -1.95. The van der Waals surface area contributed by atoms with Crippen LogP contribution in [0.25, 0.3) is 6.08 Å². The number of nitrogens with one attached hydrogen (secondary N) is 1. The summed E-state index contributed by atoms with van der Waals surface area (Å²) in [4.78, 5) is 0. The lowest BCUT2D eigenvalue weighted by molar-refractivity contribution is 1.46. The molecule has 1 aromatic rings. The van der Waals surface area contributed by atoms with Crippen molar-refractivity contribution in [2.75, 3.05) is 5.75 Å². The van der Waals surface area contributed by atoms with Crippen LogP contribution in [-0.4, -0.2) is 10.9 Å². The maximum atomic E-state index is 7.02. The van der Waals surface area contributed by atoms with Crippen molar-refractivity contribution in [2.24, 2.45) is 5.73 Å². The van der Waals surface area contributed by atoms with Crippen molar-refractivity contribution in [3.8, 4) is 0 Å². The zero-order valence-corrected chi connectivity index (χ0v) is 11.1. The van der Waals surface area contributed by atoms with E-state index in [1.54, 1.807) is 0 Å². The highest BCUT2D eigenvalue weighted by Crippen LogP contribution is 2.07. The van der Waals surface area contributed by atoms with Crippen LogP contribution >= 0.6 is 28.7 Å². The molecule has 0 saturated carbocycles. The molecule has 0 aromatic heterocycles. The molecule has 0 aliphatic rings. The van der Waals surface area contributed by atoms with Crippen molar-refractivity contribution in [3.63, 3.8) is 0 Å². The number of nitrogens with two attached hydrogens (primary N) is 1. The quantitative estimate of drug-likeness (QED) is 0.662. The van der Waals surface area contributed by atoms with E-state index in [-0.39, 0.29) is 22.1 Å². The monoisotopic (exact) mass is 286 g/mol. The Morgan fingerprint density at radius 3 is 2.87 bits per heavy atom. The number of benzene rings is 1. The lowest BCUT2D eigenvalue weighted by atomic mass is 10.1. The number of aryl methyl sites for hydroxylation is 1. The first-order valence-electron chi connectivity index (χ1n) is 4.38. The van der Waals surface area contributed by atoms with E-state index in [9.17, 15) is 0 Å². The average molecular weight is 287 g/mol. The van der Waals surface area contributed by atoms with Gasteiger partial charge in [0.05, 0.1) is 0 Å². The third-order valence-electron chi connectivity index (χ3n) is 1.69. The average Bonchev–Trinajstić information content (AvgIpc) is 2.12. The van der Waals surface area contributed by atoms with Crippen LogP contribution in [0.5, 0.6) is 0 Å². The largest absolute Gasteiger partial charge is 0.379 e. The summed E-state index contributed by atoms with van der Waals surface area (Å²) in [6.45, 7) is 2.07. The first kappa shape index (κ1) is 14.3. The van der Waals surface area contributed by atoms with Gasteiger partial charge in [0.1, 0.15) is 0 Å². The Balaban J connectivity index is 0.00000196. The van der Waals surface area contributed by atoms with Crippen LogP contribution in [0.3, 0.4) is 0 Å². The van der Waals surface area contributed by atoms with Crippen LogP contribution in [0.15, 0.2) is 30.3 Å². The minimum atomic E-state index is 0. The molecule has 15 heavy (non-hydrogen) atoms. The smallest absolute Gasteiger partial charge is 0.151 e. The van der Waals surface area contributed by atoms with Gasteiger partial charge in [-0.3, -0.25) is 5.41 Å². The van der Waals surface area contributed by atoms with Crippen LogP contribution in [0.2, 0.25) is 0 Å². The standard InChI is InChI=1S/C11H14N2S.BrH/c1-9-4-2-5-10(8-9)6-3-7-14-11(12)13;/h2-6,8H,7H2,1H3,(H3,12,13);1H/b6-3+;. The second-order valence-corrected chi connectivity index (χ2v) is 4.05. The molecule has 0 amide bonds. The zero-order valence-electron chi connectivity index (χ0n) is 8.57. The summed E-state index contributed by atoms with van der Waals surface area (Å²) in [5, 5.41) is 7.18. The highest BCUT2D eigenvalue weighted by atomic mass is 79.9. The summed E-state index contributed by atoms with van der Waals surface area (Å²) >= 11 is 1.33. The van der Waals surface area contributed by atoms with Crippen LogP contribution in [0.1, 0.15) is 11.1 Å². The van der Waals surface area contributed by atoms with Crippen LogP contribution in [-0.2, 0) is 0 Å². The molecule has 0 radical (unpaired) electrons. The fraction of sp³-hybridized carbons (Fsp3) is 0.182. The Kier molecular flexibility index (Phi) is 7.17. The molecule has 0 heterocycles. The second-order valence-electron chi connectivity index (χ2n) is 2.99. The Labute approximate surface area is 105 Å². The number of hydrogen-bond donors (Lipinski definition) is 2. The van der Waals surface area contributed by atoms with Crippen LogP contribution in [0.4, 0.5) is 0 Å². The van der Waals surface area contributed by atoms with Crippen LogP contribution in [0, 0.1) is 12.3 Å². The van der Waals surface area contributed by atoms with E-state index in [2.05, 4.69) is 25.1 Å². The SMILES string of the molecule is Br.Cc1cccc(/C=C/CSC(=N)N)c1. The first-order valence-corrected chi connectivity index (χ1v) is 5.37. The number of rotatable bonds is 3. The van der Waals surface area contributed by atoms with Gasteiger partial charge in [-0.25, -0.2) is 0 Å². The maximum Gasteiger partial charge on any atom is 0.151 e. The molecule has 0 aliphatic carbocycles. The molecule has 0 spiro atoms. The molecule has 0 unspecified atom stereocenters. The number of halogens is 1. The molecule has 0 fully saturated rings. The Morgan fingerprint density at radius 2 is 2.27 bits per heavy atom. The molecule has 82 valence electrons. The normalized spacial score (nSPS) is 9.93. The van der Waals surface area contributed by atoms with Gasteiger partial charge in [0.2, 0.25) is 0 Å². The number of thioether (sulfide) groups is 1. The first-order chi connectivity index (χ1) is 6.68. The van der Waals surface area contributed by atoms with E-state index >= 15 is 0 Å². The molecule has 3 N–H and O–H groups in total. The van der Waals surface area contributed by atoms with Gasteiger partial charge in [0.15, 0.2) is 5.17 Å². The van der Waals surface area contributed by atoms with Gasteiger partial charge in [0, 0.05) is 5.75 Å². The molecule has 0 atom stereocenters. The van der Waals surface area contributed by atoms with E-state index in [1.807, 2.05) is 18.2 Å². The highest BCUT2D eigenvalue weighted by Gasteiger charge is 1.88. The summed E-state index contributed by atoms with van der Waals surface area (Å²) in [7, 11) is 0. The van der Waals surface area contributed by atoms with Crippen molar-refractivity contribution in [3.05, 3.63) is 41.5 Å². The molecule has 0 bridgehead atoms. The van der Waals surface area contributed by atoms with Gasteiger partial charge in [-0.15, -0.1) is 17.0 Å². The molecule has 2 nitrogen and oxygen atoms in total. The molecule has 4 heteroatoms. The molecule has 1 aromatic carbocycles. The lowest BCUT2D eigenvalue weighted by Crippen LogP contribution is -2.03. The van der Waals surface area contributed by atoms with E-state index in [0.29, 0.717) is 0 Å². The Bertz CT molecular complexity index is 350. The molecular weight excluding hydrogens is 272 g/mol. The Morgan fingerprint density at radius 1 is 1.53 bits per heavy atom. The molecule has 0 saturated heterocycles. The van der Waals surface area contributed by atoms with Gasteiger partial charge in [-0.2, -0.15) is 0 Å². The predicted octanol–water partition coefficient (Wildman–Crippen LogP) is 3.21. The topological polar surface area (TPSA) is 49.9 Å². The maximum absolute atomic E-state index is 7.02. The summed E-state index contributed by atoms with van der Waals surface area (Å²) < 4.78 is 0. The van der Waals surface area contributed by atoms with Crippen molar-refractivity contribution >= 4 is 40.0 Å². The van der Waals surface area contributed by atoms with E-state index in [4.69, 9.17) is 11.1 Å². The fourth-order valence-electron chi connectivity index (χ4n) is 1.10. The predicted molar refractivity (Wildman–Crippen MR) is 74.9 cm³/mol. The van der Waals surface area contributed by atoms with E-state index < -0.39 is 0 Å². The zero-order chi connectivity index (χ0) is 10.4. The molecule has 1 rings (SSSR count). The van der Waals surface area contributed by atoms with Crippen LogP contribution < -0.4 is 5.73 Å². The minimum absolute atomic E-state index is 0. The molecule has 0 aliphatic heterocycles. The third-order valence-corrected chi connectivity index (χ3v) is 2.36. The summed E-state index contributed by atoms with van der Waals surface area (Å²) in [5.41, 5.74) is 7.65. The third kappa shape index (κ3) is 6.36. The van der Waals surface area contributed by atoms with Gasteiger partial charge in [-0.05, 0) is 12.5 Å². The van der Waals surface area contributed by atoms with Crippen molar-refractivity contribution < 1.29 is 0 Å². The number of hydrogen-bond acceptors (Lipinski definition) is 2. The summed E-state index contributed by atoms with van der Waals surface area (Å²) in [5.74, 6) is 0.753. The van der Waals surface area contributed by atoms with Gasteiger partial charge in [0.25, 0.3) is 0 Å². The van der Waals surface area contributed by atoms with Gasteiger partial charge < -0.3 is 5.73 Å². The van der Waals surface area contributed by atoms with Crippen molar-refractivity contribution in [2.45, 2.75) is 6.92 Å². The van der Waals surface area contributed by atoms with Crippen molar-refractivity contribution in [1.82, 2.24) is 0 Å². The summed E-state index contributed by atoms with van der Waals surface area (Å²) in [6.07, 6.45) is 4.06. The van der Waals surface area contributed by atoms with E-state index in [1.165, 1.54) is 22.9 Å².